The summed E-state index contributed by atoms with van der Waals surface area (Å²) >= 11 is 0. The Morgan fingerprint density at radius 2 is 2.00 bits per heavy atom. The van der Waals surface area contributed by atoms with E-state index in [1.54, 1.807) is 4.90 Å². The van der Waals surface area contributed by atoms with Gasteiger partial charge in [-0.2, -0.15) is 0 Å². The molecular weight excluding hydrogens is 316 g/mol. The fourth-order valence-corrected chi connectivity index (χ4v) is 3.40. The van der Waals surface area contributed by atoms with E-state index in [0.717, 1.165) is 24.1 Å². The van der Waals surface area contributed by atoms with Crippen LogP contribution in [-0.2, 0) is 11.2 Å². The van der Waals surface area contributed by atoms with Crippen LogP contribution >= 0.6 is 0 Å². The lowest BCUT2D eigenvalue weighted by Gasteiger charge is -2.21. The number of amides is 1. The zero-order chi connectivity index (χ0) is 18.4. The number of benzene rings is 1. The second-order valence-electron chi connectivity index (χ2n) is 6.79. The number of aliphatic hydroxyl groups is 1. The van der Waals surface area contributed by atoms with Crippen LogP contribution in [0.4, 0.5) is 0 Å². The van der Waals surface area contributed by atoms with Crippen molar-refractivity contribution in [3.05, 3.63) is 34.9 Å². The molecule has 1 amide bonds. The van der Waals surface area contributed by atoms with E-state index in [9.17, 15) is 14.7 Å². The molecule has 25 heavy (non-hydrogen) atoms. The molecule has 1 aromatic carbocycles. The number of β-amino-alcohol motifs (C(OH)–C–C–N with tert-alkyl or cyclic N) is 1. The van der Waals surface area contributed by atoms with Crippen molar-refractivity contribution in [2.45, 2.75) is 46.1 Å². The standard InChI is InChI=1S/C20H30N2O3/c1-4-22(5-2)20(25)18-8-6-7-15(3)19(18)13-16(23)9-11-21-12-10-17(24)14-21/h6-8,17,24H,4-5,9-14H2,1-3H3. The monoisotopic (exact) mass is 346 g/mol. The highest BCUT2D eigenvalue weighted by Crippen LogP contribution is 2.18. The molecule has 1 saturated heterocycles. The minimum Gasteiger partial charge on any atom is -0.392 e. The lowest BCUT2D eigenvalue weighted by molar-refractivity contribution is -0.118. The number of likely N-dealkylation sites (tertiary alicyclic amines) is 1. The predicted molar refractivity (Wildman–Crippen MR) is 98.8 cm³/mol. The van der Waals surface area contributed by atoms with Crippen molar-refractivity contribution in [3.63, 3.8) is 0 Å². The van der Waals surface area contributed by atoms with E-state index in [2.05, 4.69) is 4.90 Å². The van der Waals surface area contributed by atoms with Gasteiger partial charge in [-0.3, -0.25) is 9.59 Å². The van der Waals surface area contributed by atoms with Crippen molar-refractivity contribution >= 4 is 11.7 Å². The third-order valence-corrected chi connectivity index (χ3v) is 5.02. The van der Waals surface area contributed by atoms with Crippen molar-refractivity contribution in [2.24, 2.45) is 0 Å². The summed E-state index contributed by atoms with van der Waals surface area (Å²) in [5.41, 5.74) is 2.49. The van der Waals surface area contributed by atoms with Crippen molar-refractivity contribution in [3.8, 4) is 0 Å². The van der Waals surface area contributed by atoms with Gasteiger partial charge >= 0.3 is 0 Å². The fraction of sp³-hybridized carbons (Fsp3) is 0.600. The highest BCUT2D eigenvalue weighted by Gasteiger charge is 2.22. The van der Waals surface area contributed by atoms with Gasteiger partial charge in [-0.25, -0.2) is 0 Å². The van der Waals surface area contributed by atoms with Crippen molar-refractivity contribution in [1.29, 1.82) is 0 Å². The maximum absolute atomic E-state index is 12.7. The maximum Gasteiger partial charge on any atom is 0.254 e. The summed E-state index contributed by atoms with van der Waals surface area (Å²) in [6.45, 7) is 9.40. The Labute approximate surface area is 150 Å². The smallest absolute Gasteiger partial charge is 0.254 e. The molecule has 1 aliphatic heterocycles. The molecule has 0 aromatic heterocycles. The number of hydrogen-bond donors (Lipinski definition) is 1. The van der Waals surface area contributed by atoms with Gasteiger partial charge in [0.1, 0.15) is 5.78 Å². The van der Waals surface area contributed by atoms with Crippen LogP contribution in [0.1, 0.15) is 48.2 Å². The van der Waals surface area contributed by atoms with E-state index in [4.69, 9.17) is 0 Å². The molecule has 0 bridgehead atoms. The Bertz CT molecular complexity index is 611. The summed E-state index contributed by atoms with van der Waals surface area (Å²) in [7, 11) is 0. The van der Waals surface area contributed by atoms with Gasteiger partial charge in [0.2, 0.25) is 0 Å². The van der Waals surface area contributed by atoms with E-state index in [0.29, 0.717) is 44.6 Å². The van der Waals surface area contributed by atoms with Crippen molar-refractivity contribution in [1.82, 2.24) is 9.80 Å². The maximum atomic E-state index is 12.7. The van der Waals surface area contributed by atoms with Crippen LogP contribution in [0, 0.1) is 6.92 Å². The lowest BCUT2D eigenvalue weighted by atomic mass is 9.95. The van der Waals surface area contributed by atoms with Gasteiger partial charge in [0.15, 0.2) is 0 Å². The molecule has 1 atom stereocenters. The van der Waals surface area contributed by atoms with Gasteiger partial charge in [-0.1, -0.05) is 12.1 Å². The normalized spacial score (nSPS) is 17.7. The van der Waals surface area contributed by atoms with Gasteiger partial charge in [0, 0.05) is 51.1 Å². The number of carbonyl (C=O) groups excluding carboxylic acids is 2. The summed E-state index contributed by atoms with van der Waals surface area (Å²) in [4.78, 5) is 29.1. The van der Waals surface area contributed by atoms with Gasteiger partial charge in [0.25, 0.3) is 5.91 Å². The lowest BCUT2D eigenvalue weighted by Crippen LogP contribution is -2.31. The third kappa shape index (κ3) is 5.13. The Hall–Kier alpha value is -1.72. The Kier molecular flexibility index (Phi) is 7.14. The average Bonchev–Trinajstić information content (AvgIpc) is 3.01. The molecule has 0 aliphatic carbocycles. The molecule has 1 fully saturated rings. The van der Waals surface area contributed by atoms with Crippen molar-refractivity contribution < 1.29 is 14.7 Å². The number of aryl methyl sites for hydroxylation is 1. The highest BCUT2D eigenvalue weighted by atomic mass is 16.3. The first-order valence-corrected chi connectivity index (χ1v) is 9.26. The molecular formula is C20H30N2O3. The van der Waals surface area contributed by atoms with Crippen LogP contribution in [0.25, 0.3) is 0 Å². The molecule has 0 radical (unpaired) electrons. The Morgan fingerprint density at radius 1 is 1.28 bits per heavy atom. The molecule has 1 aliphatic rings. The number of rotatable bonds is 8. The molecule has 138 valence electrons. The highest BCUT2D eigenvalue weighted by molar-refractivity contribution is 5.97. The van der Waals surface area contributed by atoms with Crippen molar-refractivity contribution in [2.75, 3.05) is 32.7 Å². The van der Waals surface area contributed by atoms with Gasteiger partial charge in [-0.05, 0) is 44.4 Å². The van der Waals surface area contributed by atoms with Gasteiger partial charge in [0.05, 0.1) is 6.10 Å². The number of nitrogens with zero attached hydrogens (tertiary/aromatic N) is 2. The number of Topliss-reactive ketones (excluding diaryl/α,β-unsaturated/α-hetero) is 1. The molecule has 5 heteroatoms. The predicted octanol–water partition coefficient (Wildman–Crippen LogP) is 2.05. The Balaban J connectivity index is 2.05. The van der Waals surface area contributed by atoms with Crippen LogP contribution < -0.4 is 0 Å². The number of carbonyl (C=O) groups is 2. The van der Waals surface area contributed by atoms with Crippen LogP contribution in [0.2, 0.25) is 0 Å². The molecule has 2 rings (SSSR count). The number of hydrogen-bond acceptors (Lipinski definition) is 4. The quantitative estimate of drug-likeness (QED) is 0.783. The molecule has 1 unspecified atom stereocenters. The summed E-state index contributed by atoms with van der Waals surface area (Å²) in [6.07, 6.45) is 1.28. The van der Waals surface area contributed by atoms with E-state index < -0.39 is 0 Å². The summed E-state index contributed by atoms with van der Waals surface area (Å²) in [5, 5.41) is 9.56. The van der Waals surface area contributed by atoms with E-state index in [-0.39, 0.29) is 17.8 Å². The van der Waals surface area contributed by atoms with Crippen LogP contribution in [0.15, 0.2) is 18.2 Å². The minimum absolute atomic E-state index is 0.000773. The SMILES string of the molecule is CCN(CC)C(=O)c1cccc(C)c1CC(=O)CCN1CCC(O)C1. The first-order chi connectivity index (χ1) is 12.0. The molecule has 5 nitrogen and oxygen atoms in total. The third-order valence-electron chi connectivity index (χ3n) is 5.02. The molecule has 0 saturated carbocycles. The topological polar surface area (TPSA) is 60.9 Å². The average molecular weight is 346 g/mol. The van der Waals surface area contributed by atoms with E-state index in [1.807, 2.05) is 39.0 Å². The minimum atomic E-state index is -0.259. The second kappa shape index (κ2) is 9.11. The molecule has 0 spiro atoms. The zero-order valence-electron chi connectivity index (χ0n) is 15.6. The summed E-state index contributed by atoms with van der Waals surface area (Å²) < 4.78 is 0. The van der Waals surface area contributed by atoms with Crippen LogP contribution in [-0.4, -0.2) is 65.4 Å². The summed E-state index contributed by atoms with van der Waals surface area (Å²) in [5.74, 6) is 0.142. The zero-order valence-corrected chi connectivity index (χ0v) is 15.6. The first-order valence-electron chi connectivity index (χ1n) is 9.26. The van der Waals surface area contributed by atoms with E-state index >= 15 is 0 Å². The molecule has 1 heterocycles. The number of ketones is 1. The van der Waals surface area contributed by atoms with Gasteiger partial charge < -0.3 is 14.9 Å². The fourth-order valence-electron chi connectivity index (χ4n) is 3.40. The summed E-state index contributed by atoms with van der Waals surface area (Å²) in [6, 6.07) is 5.66. The number of aliphatic hydroxyl groups excluding tert-OH is 1. The largest absolute Gasteiger partial charge is 0.392 e. The first kappa shape index (κ1) is 19.6. The molecule has 1 aromatic rings. The Morgan fingerprint density at radius 3 is 2.60 bits per heavy atom. The second-order valence-corrected chi connectivity index (χ2v) is 6.79. The van der Waals surface area contributed by atoms with Gasteiger partial charge in [-0.15, -0.1) is 0 Å². The van der Waals surface area contributed by atoms with Crippen LogP contribution in [0.5, 0.6) is 0 Å². The van der Waals surface area contributed by atoms with E-state index in [1.165, 1.54) is 0 Å². The molecule has 1 N–H and O–H groups in total. The van der Waals surface area contributed by atoms with Crippen LogP contribution in [0.3, 0.4) is 0 Å².